The number of halogens is 2. The van der Waals surface area contributed by atoms with E-state index in [1.54, 1.807) is 0 Å². The Morgan fingerprint density at radius 3 is 2.69 bits per heavy atom. The third-order valence-electron chi connectivity index (χ3n) is 1.95. The second-order valence-corrected chi connectivity index (χ2v) is 4.23. The van der Waals surface area contributed by atoms with Gasteiger partial charge in [0.15, 0.2) is 6.29 Å². The fourth-order valence-electron chi connectivity index (χ4n) is 1.21. The lowest BCUT2D eigenvalue weighted by Crippen LogP contribution is -2.49. The Balaban J connectivity index is 2.08. The summed E-state index contributed by atoms with van der Waals surface area (Å²) in [5.74, 6) is -0.652. The molecule has 5 N–H and O–H groups in total. The van der Waals surface area contributed by atoms with Gasteiger partial charge in [-0.05, 0) is 40.8 Å². The Morgan fingerprint density at radius 1 is 1.38 bits per heavy atom. The first-order valence-electron chi connectivity index (χ1n) is 4.44. The van der Waals surface area contributed by atoms with Crippen molar-refractivity contribution in [1.29, 1.82) is 0 Å². The number of carbonyl (C=O) groups is 1. The third-order valence-corrected chi connectivity index (χ3v) is 2.84. The average Bonchev–Trinajstić information content (AvgIpc) is 2.70. The minimum atomic E-state index is -0.423. The zero-order chi connectivity index (χ0) is 11.5. The Morgan fingerprint density at radius 2 is 2.06 bits per heavy atom. The number of amides is 1. The van der Waals surface area contributed by atoms with Crippen molar-refractivity contribution in [3.8, 4) is 0 Å². The highest BCUT2D eigenvalue weighted by Gasteiger charge is 2.17. The number of hydrazine groups is 3. The Bertz CT molecular complexity index is 409. The standard InChI is InChI=1S/C8H9FIN5O/c9-4-1-2-5(6(10)3-4)7(16)11-8-12-14-15-13-8/h1-3,8,12-15H,(H,11,16). The van der Waals surface area contributed by atoms with Gasteiger partial charge in [0.05, 0.1) is 5.56 Å². The molecule has 1 saturated heterocycles. The Hall–Kier alpha value is -0.810. The van der Waals surface area contributed by atoms with E-state index in [1.807, 2.05) is 22.6 Å². The molecule has 0 atom stereocenters. The summed E-state index contributed by atoms with van der Waals surface area (Å²) in [6.45, 7) is 0. The molecule has 1 aliphatic rings. The van der Waals surface area contributed by atoms with Crippen LogP contribution in [0.3, 0.4) is 0 Å². The van der Waals surface area contributed by atoms with E-state index in [-0.39, 0.29) is 11.7 Å². The van der Waals surface area contributed by atoms with Crippen LogP contribution in [0.2, 0.25) is 0 Å². The molecule has 6 nitrogen and oxygen atoms in total. The van der Waals surface area contributed by atoms with Crippen LogP contribution in [0.15, 0.2) is 18.2 Å². The molecule has 0 aliphatic carbocycles. The van der Waals surface area contributed by atoms with Crippen molar-refractivity contribution in [1.82, 2.24) is 27.2 Å². The third kappa shape index (κ3) is 2.65. The SMILES string of the molecule is O=C(NC1NNNN1)c1ccc(F)cc1I. The van der Waals surface area contributed by atoms with E-state index in [4.69, 9.17) is 0 Å². The monoisotopic (exact) mass is 337 g/mol. The number of hydrogen-bond acceptors (Lipinski definition) is 5. The number of rotatable bonds is 2. The summed E-state index contributed by atoms with van der Waals surface area (Å²) in [4.78, 5) is 11.8. The molecule has 1 amide bonds. The van der Waals surface area contributed by atoms with Crippen molar-refractivity contribution >= 4 is 28.5 Å². The summed E-state index contributed by atoms with van der Waals surface area (Å²) < 4.78 is 13.4. The molecule has 1 aliphatic heterocycles. The minimum absolute atomic E-state index is 0.292. The fourth-order valence-corrected chi connectivity index (χ4v) is 1.93. The summed E-state index contributed by atoms with van der Waals surface area (Å²) in [5.41, 5.74) is 11.0. The van der Waals surface area contributed by atoms with E-state index in [9.17, 15) is 9.18 Å². The summed E-state index contributed by atoms with van der Waals surface area (Å²) >= 11 is 1.91. The van der Waals surface area contributed by atoms with Gasteiger partial charge < -0.3 is 5.32 Å². The van der Waals surface area contributed by atoms with Crippen LogP contribution in [-0.4, -0.2) is 12.2 Å². The number of benzene rings is 1. The second kappa shape index (κ2) is 5.01. The average molecular weight is 337 g/mol. The van der Waals surface area contributed by atoms with Gasteiger partial charge in [-0.15, -0.1) is 0 Å². The van der Waals surface area contributed by atoms with Crippen molar-refractivity contribution < 1.29 is 9.18 Å². The fraction of sp³-hybridized carbons (Fsp3) is 0.125. The number of nitrogens with one attached hydrogen (secondary N) is 5. The van der Waals surface area contributed by atoms with Gasteiger partial charge in [-0.1, -0.05) is 0 Å². The predicted molar refractivity (Wildman–Crippen MR) is 62.9 cm³/mol. The van der Waals surface area contributed by atoms with Gasteiger partial charge in [-0.2, -0.15) is 11.1 Å². The van der Waals surface area contributed by atoms with Crippen LogP contribution < -0.4 is 27.2 Å². The molecule has 1 fully saturated rings. The summed E-state index contributed by atoms with van der Waals surface area (Å²) in [6.07, 6.45) is -0.423. The Kier molecular flexibility index (Phi) is 3.66. The number of carbonyl (C=O) groups excluding carboxylic acids is 1. The zero-order valence-electron chi connectivity index (χ0n) is 7.97. The maximum Gasteiger partial charge on any atom is 0.254 e. The first kappa shape index (κ1) is 11.7. The highest BCUT2D eigenvalue weighted by molar-refractivity contribution is 14.1. The van der Waals surface area contributed by atoms with Crippen LogP contribution in [-0.2, 0) is 0 Å². The molecule has 0 unspecified atom stereocenters. The van der Waals surface area contributed by atoms with E-state index in [1.165, 1.54) is 18.2 Å². The molecule has 0 spiro atoms. The van der Waals surface area contributed by atoms with Crippen LogP contribution in [0.1, 0.15) is 10.4 Å². The summed E-state index contributed by atoms with van der Waals surface area (Å²) in [6, 6.07) is 4.01. The molecule has 1 aromatic rings. The lowest BCUT2D eigenvalue weighted by molar-refractivity contribution is 0.0926. The van der Waals surface area contributed by atoms with Crippen LogP contribution in [0, 0.1) is 9.39 Å². The molecule has 0 saturated carbocycles. The lowest BCUT2D eigenvalue weighted by Gasteiger charge is -2.12. The molecule has 0 radical (unpaired) electrons. The maximum atomic E-state index is 12.8. The van der Waals surface area contributed by atoms with E-state index < -0.39 is 6.29 Å². The number of hydrogen-bond donors (Lipinski definition) is 5. The van der Waals surface area contributed by atoms with Crippen molar-refractivity contribution in [2.45, 2.75) is 6.29 Å². The van der Waals surface area contributed by atoms with Crippen LogP contribution in [0.25, 0.3) is 0 Å². The topological polar surface area (TPSA) is 77.2 Å². The highest BCUT2D eigenvalue weighted by atomic mass is 127. The van der Waals surface area contributed by atoms with Crippen molar-refractivity contribution in [2.75, 3.05) is 0 Å². The molecule has 1 heterocycles. The largest absolute Gasteiger partial charge is 0.322 e. The first-order valence-corrected chi connectivity index (χ1v) is 5.51. The van der Waals surface area contributed by atoms with Gasteiger partial charge in [0.1, 0.15) is 5.82 Å². The van der Waals surface area contributed by atoms with Gasteiger partial charge in [0.2, 0.25) is 0 Å². The molecule has 86 valence electrons. The van der Waals surface area contributed by atoms with Gasteiger partial charge in [-0.25, -0.2) is 15.2 Å². The van der Waals surface area contributed by atoms with Crippen molar-refractivity contribution in [3.63, 3.8) is 0 Å². The zero-order valence-corrected chi connectivity index (χ0v) is 10.1. The van der Waals surface area contributed by atoms with Gasteiger partial charge in [0, 0.05) is 3.57 Å². The lowest BCUT2D eigenvalue weighted by atomic mass is 10.2. The molecule has 0 aromatic heterocycles. The molecular formula is C8H9FIN5O. The van der Waals surface area contributed by atoms with Gasteiger partial charge >= 0.3 is 0 Å². The van der Waals surface area contributed by atoms with Gasteiger partial charge in [-0.3, -0.25) is 4.79 Å². The smallest absolute Gasteiger partial charge is 0.254 e. The van der Waals surface area contributed by atoms with Crippen LogP contribution >= 0.6 is 22.6 Å². The maximum absolute atomic E-state index is 12.8. The van der Waals surface area contributed by atoms with Crippen molar-refractivity contribution in [2.24, 2.45) is 0 Å². The first-order chi connectivity index (χ1) is 7.66. The summed E-state index contributed by atoms with van der Waals surface area (Å²) in [5, 5.41) is 2.64. The van der Waals surface area contributed by atoms with Gasteiger partial charge in [0.25, 0.3) is 5.91 Å². The Labute approximate surface area is 104 Å². The molecular weight excluding hydrogens is 328 g/mol. The van der Waals surface area contributed by atoms with Crippen LogP contribution in [0.5, 0.6) is 0 Å². The van der Waals surface area contributed by atoms with E-state index in [0.717, 1.165) is 0 Å². The van der Waals surface area contributed by atoms with E-state index >= 15 is 0 Å². The van der Waals surface area contributed by atoms with Crippen LogP contribution in [0.4, 0.5) is 4.39 Å². The predicted octanol–water partition coefficient (Wildman–Crippen LogP) is -0.439. The highest BCUT2D eigenvalue weighted by Crippen LogP contribution is 2.13. The van der Waals surface area contributed by atoms with E-state index in [0.29, 0.717) is 9.13 Å². The van der Waals surface area contributed by atoms with Crippen molar-refractivity contribution in [3.05, 3.63) is 33.1 Å². The molecule has 8 heteroatoms. The minimum Gasteiger partial charge on any atom is -0.322 e. The quantitative estimate of drug-likeness (QED) is 0.473. The molecule has 1 aromatic carbocycles. The second-order valence-electron chi connectivity index (χ2n) is 3.07. The molecule has 2 rings (SSSR count). The van der Waals surface area contributed by atoms with E-state index in [2.05, 4.69) is 27.2 Å². The molecule has 0 bridgehead atoms. The summed E-state index contributed by atoms with van der Waals surface area (Å²) in [7, 11) is 0. The molecule has 16 heavy (non-hydrogen) atoms. The normalized spacial score (nSPS) is 16.4.